The van der Waals surface area contributed by atoms with Crippen LogP contribution in [0.25, 0.3) is 0 Å². The van der Waals surface area contributed by atoms with Crippen LogP contribution in [0.1, 0.15) is 265 Å². The third kappa shape index (κ3) is 46.5. The van der Waals surface area contributed by atoms with Crippen molar-refractivity contribution in [2.24, 2.45) is 0 Å². The average molecular weight is 829 g/mol. The van der Waals surface area contributed by atoms with E-state index in [4.69, 9.17) is 14.2 Å². The van der Waals surface area contributed by atoms with Gasteiger partial charge in [0.15, 0.2) is 6.10 Å². The molecule has 0 fully saturated rings. The standard InChI is InChI=1S/C53H96O6/c1-4-7-10-13-16-19-20-21-22-23-24-25-26-27-28-29-30-31-32-33-34-35-38-40-43-46-52(55)58-49-50(59-53(56)47-44-41-37-18-15-12-9-6-3)48-57-51(54)45-42-39-36-17-14-11-8-5-2/h20-21,23-24,26-27,50H,4-19,22,25,28-49H2,1-3H3/b21-20-,24-23-,27-26-. The number of rotatable bonds is 46. The van der Waals surface area contributed by atoms with Crippen molar-refractivity contribution in [1.29, 1.82) is 0 Å². The predicted octanol–water partition coefficient (Wildman–Crippen LogP) is 16.5. The lowest BCUT2D eigenvalue weighted by Gasteiger charge is -2.18. The maximum absolute atomic E-state index is 12.6. The van der Waals surface area contributed by atoms with Crippen molar-refractivity contribution >= 4 is 17.9 Å². The van der Waals surface area contributed by atoms with E-state index < -0.39 is 6.10 Å². The van der Waals surface area contributed by atoms with Crippen LogP contribution in [0.4, 0.5) is 0 Å². The summed E-state index contributed by atoms with van der Waals surface area (Å²) in [7, 11) is 0. The molecule has 0 aromatic heterocycles. The minimum absolute atomic E-state index is 0.0704. The topological polar surface area (TPSA) is 78.9 Å². The third-order valence-electron chi connectivity index (χ3n) is 11.1. The molecule has 0 rings (SSSR count). The first kappa shape index (κ1) is 56.6. The predicted molar refractivity (Wildman–Crippen MR) is 252 cm³/mol. The summed E-state index contributed by atoms with van der Waals surface area (Å²) in [5.74, 6) is -0.877. The molecule has 0 aromatic carbocycles. The van der Waals surface area contributed by atoms with E-state index in [-0.39, 0.29) is 31.1 Å². The molecular weight excluding hydrogens is 733 g/mol. The minimum Gasteiger partial charge on any atom is -0.462 e. The van der Waals surface area contributed by atoms with Crippen LogP contribution in [-0.4, -0.2) is 37.2 Å². The molecule has 0 bridgehead atoms. The second kappa shape index (κ2) is 48.3. The van der Waals surface area contributed by atoms with Gasteiger partial charge in [0, 0.05) is 19.3 Å². The van der Waals surface area contributed by atoms with E-state index in [0.717, 1.165) is 70.6 Å². The Morgan fingerprint density at radius 3 is 0.949 bits per heavy atom. The number of carbonyl (C=O) groups excluding carboxylic acids is 3. The Hall–Kier alpha value is -2.37. The molecule has 344 valence electrons. The van der Waals surface area contributed by atoms with Crippen LogP contribution in [0.3, 0.4) is 0 Å². The van der Waals surface area contributed by atoms with Crippen LogP contribution < -0.4 is 0 Å². The zero-order valence-corrected chi connectivity index (χ0v) is 39.3. The Morgan fingerprint density at radius 2 is 0.610 bits per heavy atom. The summed E-state index contributed by atoms with van der Waals surface area (Å²) in [6, 6.07) is 0. The lowest BCUT2D eigenvalue weighted by atomic mass is 10.1. The van der Waals surface area contributed by atoms with Crippen molar-refractivity contribution < 1.29 is 28.6 Å². The van der Waals surface area contributed by atoms with Gasteiger partial charge in [-0.15, -0.1) is 0 Å². The number of allylic oxidation sites excluding steroid dienone is 6. The Kier molecular flexibility index (Phi) is 46.4. The van der Waals surface area contributed by atoms with Gasteiger partial charge in [0.05, 0.1) is 0 Å². The van der Waals surface area contributed by atoms with Crippen LogP contribution in [0.5, 0.6) is 0 Å². The van der Waals surface area contributed by atoms with Gasteiger partial charge in [-0.2, -0.15) is 0 Å². The van der Waals surface area contributed by atoms with Gasteiger partial charge in [-0.25, -0.2) is 0 Å². The van der Waals surface area contributed by atoms with Gasteiger partial charge in [-0.3, -0.25) is 14.4 Å². The third-order valence-corrected chi connectivity index (χ3v) is 11.1. The number of esters is 3. The first-order valence-electron chi connectivity index (χ1n) is 25.5. The molecule has 0 radical (unpaired) electrons. The van der Waals surface area contributed by atoms with E-state index in [9.17, 15) is 14.4 Å². The van der Waals surface area contributed by atoms with E-state index in [0.29, 0.717) is 19.3 Å². The van der Waals surface area contributed by atoms with Crippen molar-refractivity contribution in [3.05, 3.63) is 36.5 Å². The molecule has 0 amide bonds. The minimum atomic E-state index is -0.765. The Balaban J connectivity index is 4.08. The lowest BCUT2D eigenvalue weighted by molar-refractivity contribution is -0.167. The monoisotopic (exact) mass is 829 g/mol. The van der Waals surface area contributed by atoms with Crippen molar-refractivity contribution in [2.45, 2.75) is 271 Å². The summed E-state index contributed by atoms with van der Waals surface area (Å²) < 4.78 is 16.7. The SMILES string of the molecule is CCCCCCC/C=C\C/C=C\C/C=C\CCCCCCCCCCCCC(=O)OCC(COC(=O)CCCCCCCCCC)OC(=O)CCCCCCCCCC. The normalized spacial score (nSPS) is 12.3. The molecule has 0 spiro atoms. The molecule has 0 aliphatic heterocycles. The van der Waals surface area contributed by atoms with Gasteiger partial charge in [0.2, 0.25) is 0 Å². The zero-order chi connectivity index (χ0) is 43.0. The first-order chi connectivity index (χ1) is 29.0. The van der Waals surface area contributed by atoms with Crippen molar-refractivity contribution in [1.82, 2.24) is 0 Å². The van der Waals surface area contributed by atoms with Crippen molar-refractivity contribution in [3.63, 3.8) is 0 Å². The molecule has 0 aromatic rings. The summed E-state index contributed by atoms with van der Waals surface area (Å²) in [5, 5.41) is 0. The fraction of sp³-hybridized carbons (Fsp3) is 0.830. The number of ether oxygens (including phenoxy) is 3. The zero-order valence-electron chi connectivity index (χ0n) is 39.3. The highest BCUT2D eigenvalue weighted by Gasteiger charge is 2.19. The molecule has 0 N–H and O–H groups in total. The molecule has 59 heavy (non-hydrogen) atoms. The molecule has 0 saturated carbocycles. The maximum atomic E-state index is 12.6. The van der Waals surface area contributed by atoms with Crippen LogP contribution in [-0.2, 0) is 28.6 Å². The molecule has 0 heterocycles. The second-order valence-corrected chi connectivity index (χ2v) is 17.1. The van der Waals surface area contributed by atoms with Crippen LogP contribution in [0, 0.1) is 0 Å². The maximum Gasteiger partial charge on any atom is 0.306 e. The molecule has 0 aliphatic rings. The van der Waals surface area contributed by atoms with Gasteiger partial charge in [-0.1, -0.05) is 224 Å². The largest absolute Gasteiger partial charge is 0.462 e. The van der Waals surface area contributed by atoms with Crippen molar-refractivity contribution in [2.75, 3.05) is 13.2 Å². The fourth-order valence-electron chi connectivity index (χ4n) is 7.27. The van der Waals surface area contributed by atoms with Crippen LogP contribution in [0.2, 0.25) is 0 Å². The highest BCUT2D eigenvalue weighted by Crippen LogP contribution is 2.15. The molecule has 6 nitrogen and oxygen atoms in total. The van der Waals surface area contributed by atoms with E-state index in [2.05, 4.69) is 57.2 Å². The van der Waals surface area contributed by atoms with E-state index >= 15 is 0 Å². The van der Waals surface area contributed by atoms with Gasteiger partial charge >= 0.3 is 17.9 Å². The second-order valence-electron chi connectivity index (χ2n) is 17.1. The molecule has 1 atom stereocenters. The van der Waals surface area contributed by atoms with Crippen LogP contribution >= 0.6 is 0 Å². The highest BCUT2D eigenvalue weighted by atomic mass is 16.6. The summed E-state index contributed by atoms with van der Waals surface area (Å²) in [5.41, 5.74) is 0. The lowest BCUT2D eigenvalue weighted by Crippen LogP contribution is -2.30. The van der Waals surface area contributed by atoms with Crippen LogP contribution in [0.15, 0.2) is 36.5 Å². The first-order valence-corrected chi connectivity index (χ1v) is 25.5. The molecule has 6 heteroatoms. The van der Waals surface area contributed by atoms with Gasteiger partial charge in [0.25, 0.3) is 0 Å². The summed E-state index contributed by atoms with van der Waals surface area (Å²) in [4.78, 5) is 37.6. The summed E-state index contributed by atoms with van der Waals surface area (Å²) in [6.45, 7) is 6.57. The number of hydrogen-bond acceptors (Lipinski definition) is 6. The fourth-order valence-corrected chi connectivity index (χ4v) is 7.27. The number of unbranched alkanes of at least 4 members (excludes halogenated alkanes) is 29. The smallest absolute Gasteiger partial charge is 0.306 e. The van der Waals surface area contributed by atoms with Gasteiger partial charge < -0.3 is 14.2 Å². The molecular formula is C53H96O6. The van der Waals surface area contributed by atoms with E-state index in [1.165, 1.54) is 154 Å². The number of hydrogen-bond donors (Lipinski definition) is 0. The highest BCUT2D eigenvalue weighted by molar-refractivity contribution is 5.71. The van der Waals surface area contributed by atoms with E-state index in [1.807, 2.05) is 0 Å². The van der Waals surface area contributed by atoms with Gasteiger partial charge in [-0.05, 0) is 57.8 Å². The number of carbonyl (C=O) groups is 3. The molecule has 1 unspecified atom stereocenters. The summed E-state index contributed by atoms with van der Waals surface area (Å²) in [6.07, 6.45) is 55.8. The summed E-state index contributed by atoms with van der Waals surface area (Å²) >= 11 is 0. The quantitative estimate of drug-likeness (QED) is 0.0263. The molecule has 0 aliphatic carbocycles. The van der Waals surface area contributed by atoms with Gasteiger partial charge in [0.1, 0.15) is 13.2 Å². The molecule has 0 saturated heterocycles. The van der Waals surface area contributed by atoms with Crippen molar-refractivity contribution in [3.8, 4) is 0 Å². The Morgan fingerprint density at radius 1 is 0.339 bits per heavy atom. The Labute approximate surface area is 365 Å². The average Bonchev–Trinajstić information content (AvgIpc) is 3.23. The Bertz CT molecular complexity index is 1000. The van der Waals surface area contributed by atoms with E-state index in [1.54, 1.807) is 0 Å².